The molecule has 0 aliphatic carbocycles. The quantitative estimate of drug-likeness (QED) is 0.869. The van der Waals surface area contributed by atoms with Crippen molar-refractivity contribution in [1.29, 1.82) is 0 Å². The first-order valence-corrected chi connectivity index (χ1v) is 7.45. The van der Waals surface area contributed by atoms with E-state index in [4.69, 9.17) is 16.3 Å². The minimum absolute atomic E-state index is 0.341. The highest BCUT2D eigenvalue weighted by molar-refractivity contribution is 6.30. The van der Waals surface area contributed by atoms with Gasteiger partial charge in [0.15, 0.2) is 6.10 Å². The average molecular weight is 333 g/mol. The molecular weight excluding hydrogens is 316 g/mol. The maximum absolute atomic E-state index is 12.1. The maximum atomic E-state index is 12.1. The molecule has 23 heavy (non-hydrogen) atoms. The number of aryl methyl sites for hydroxylation is 2. The van der Waals surface area contributed by atoms with E-state index in [-0.39, 0.29) is 0 Å². The summed E-state index contributed by atoms with van der Waals surface area (Å²) in [5, 5.41) is 3.03. The van der Waals surface area contributed by atoms with Gasteiger partial charge in [0, 0.05) is 6.20 Å². The molecule has 1 aromatic carbocycles. The highest BCUT2D eigenvalue weighted by Gasteiger charge is 2.19. The molecule has 120 valence electrons. The van der Waals surface area contributed by atoms with Crippen LogP contribution in [-0.2, 0) is 9.53 Å². The van der Waals surface area contributed by atoms with E-state index in [1.807, 2.05) is 19.9 Å². The van der Waals surface area contributed by atoms with Gasteiger partial charge < -0.3 is 10.1 Å². The number of carbonyl (C=O) groups excluding carboxylic acids is 2. The Morgan fingerprint density at radius 3 is 2.52 bits per heavy atom. The molecule has 1 aromatic heterocycles. The van der Waals surface area contributed by atoms with E-state index < -0.39 is 18.0 Å². The Hall–Kier alpha value is -2.40. The molecule has 0 bridgehead atoms. The number of esters is 1. The van der Waals surface area contributed by atoms with Gasteiger partial charge in [-0.1, -0.05) is 17.7 Å². The van der Waals surface area contributed by atoms with Crippen molar-refractivity contribution in [2.75, 3.05) is 5.32 Å². The molecule has 1 amide bonds. The third kappa shape index (κ3) is 4.53. The van der Waals surface area contributed by atoms with E-state index in [0.29, 0.717) is 16.4 Å². The van der Waals surface area contributed by atoms with Crippen LogP contribution in [0.4, 0.5) is 5.82 Å². The van der Waals surface area contributed by atoms with Crippen LogP contribution in [0.1, 0.15) is 28.4 Å². The van der Waals surface area contributed by atoms with Gasteiger partial charge in [0.05, 0.1) is 10.6 Å². The monoisotopic (exact) mass is 332 g/mol. The number of nitrogens with zero attached hydrogens (tertiary/aromatic N) is 1. The molecule has 2 rings (SSSR count). The lowest BCUT2D eigenvalue weighted by molar-refractivity contribution is -0.123. The second kappa shape index (κ2) is 7.24. The lowest BCUT2D eigenvalue weighted by atomic mass is 10.1. The zero-order valence-electron chi connectivity index (χ0n) is 13.1. The molecule has 0 spiro atoms. The van der Waals surface area contributed by atoms with Crippen molar-refractivity contribution in [1.82, 2.24) is 4.98 Å². The minimum atomic E-state index is -0.943. The van der Waals surface area contributed by atoms with Crippen LogP contribution in [0.3, 0.4) is 0 Å². The molecule has 5 nitrogen and oxygen atoms in total. The van der Waals surface area contributed by atoms with E-state index >= 15 is 0 Å². The van der Waals surface area contributed by atoms with Crippen LogP contribution in [0.15, 0.2) is 36.5 Å². The first kappa shape index (κ1) is 17.0. The Bertz CT molecular complexity index is 729. The Kier molecular flexibility index (Phi) is 5.34. The third-order valence-electron chi connectivity index (χ3n) is 3.37. The maximum Gasteiger partial charge on any atom is 0.338 e. The molecule has 2 aromatic rings. The zero-order valence-corrected chi connectivity index (χ0v) is 13.8. The molecular formula is C17H17ClN2O3. The van der Waals surface area contributed by atoms with Crippen LogP contribution >= 0.6 is 11.6 Å². The van der Waals surface area contributed by atoms with Gasteiger partial charge in [-0.15, -0.1) is 0 Å². The lowest BCUT2D eigenvalue weighted by Gasteiger charge is -2.13. The summed E-state index contributed by atoms with van der Waals surface area (Å²) >= 11 is 5.73. The number of ether oxygens (including phenoxy) is 1. The molecule has 6 heteroatoms. The second-order valence-corrected chi connectivity index (χ2v) is 5.63. The topological polar surface area (TPSA) is 68.3 Å². The fourth-order valence-electron chi connectivity index (χ4n) is 1.83. The summed E-state index contributed by atoms with van der Waals surface area (Å²) < 4.78 is 5.18. The van der Waals surface area contributed by atoms with Crippen LogP contribution in [0.25, 0.3) is 0 Å². The van der Waals surface area contributed by atoms with E-state index in [0.717, 1.165) is 11.1 Å². The van der Waals surface area contributed by atoms with Gasteiger partial charge in [-0.25, -0.2) is 9.78 Å². The molecule has 1 N–H and O–H groups in total. The number of hydrogen-bond acceptors (Lipinski definition) is 4. The SMILES string of the molecule is Cc1ccc(C(=O)O[C@@H](C)C(=O)Nc2ccc(Cl)cn2)cc1C. The van der Waals surface area contributed by atoms with Gasteiger partial charge in [0.1, 0.15) is 5.82 Å². The van der Waals surface area contributed by atoms with Crippen molar-refractivity contribution in [2.24, 2.45) is 0 Å². The number of amides is 1. The smallest absolute Gasteiger partial charge is 0.338 e. The van der Waals surface area contributed by atoms with Gasteiger partial charge >= 0.3 is 5.97 Å². The Morgan fingerprint density at radius 1 is 1.17 bits per heavy atom. The summed E-state index contributed by atoms with van der Waals surface area (Å²) in [7, 11) is 0. The van der Waals surface area contributed by atoms with Crippen molar-refractivity contribution in [3.05, 3.63) is 58.2 Å². The van der Waals surface area contributed by atoms with Crippen LogP contribution in [0, 0.1) is 13.8 Å². The van der Waals surface area contributed by atoms with Crippen LogP contribution in [0.2, 0.25) is 5.02 Å². The summed E-state index contributed by atoms with van der Waals surface area (Å²) in [6.45, 7) is 5.37. The van der Waals surface area contributed by atoms with Gasteiger partial charge in [-0.3, -0.25) is 4.79 Å². The Labute approximate surface area is 139 Å². The van der Waals surface area contributed by atoms with Gasteiger partial charge in [-0.2, -0.15) is 0 Å². The summed E-state index contributed by atoms with van der Waals surface area (Å²) in [5.74, 6) is -0.662. The fourth-order valence-corrected chi connectivity index (χ4v) is 1.94. The van der Waals surface area contributed by atoms with Gasteiger partial charge in [-0.05, 0) is 56.2 Å². The largest absolute Gasteiger partial charge is 0.449 e. The highest BCUT2D eigenvalue weighted by atomic mass is 35.5. The van der Waals surface area contributed by atoms with Crippen molar-refractivity contribution in [2.45, 2.75) is 26.9 Å². The van der Waals surface area contributed by atoms with Gasteiger partial charge in [0.2, 0.25) is 0 Å². The number of anilines is 1. The first-order valence-electron chi connectivity index (χ1n) is 7.07. The van der Waals surface area contributed by atoms with E-state index in [2.05, 4.69) is 10.3 Å². The number of aromatic nitrogens is 1. The molecule has 0 saturated heterocycles. The number of carbonyl (C=O) groups is 2. The number of halogens is 1. The van der Waals surface area contributed by atoms with Crippen molar-refractivity contribution in [3.8, 4) is 0 Å². The summed E-state index contributed by atoms with van der Waals surface area (Å²) in [6, 6.07) is 8.43. The number of hydrogen-bond donors (Lipinski definition) is 1. The molecule has 1 heterocycles. The van der Waals surface area contributed by atoms with Crippen molar-refractivity contribution < 1.29 is 14.3 Å². The number of benzene rings is 1. The van der Waals surface area contributed by atoms with E-state index in [1.54, 1.807) is 24.3 Å². The molecule has 0 fully saturated rings. The summed E-state index contributed by atoms with van der Waals surface area (Å²) in [6.07, 6.45) is 0.477. The second-order valence-electron chi connectivity index (χ2n) is 5.20. The van der Waals surface area contributed by atoms with Crippen molar-refractivity contribution >= 4 is 29.3 Å². The van der Waals surface area contributed by atoms with E-state index in [9.17, 15) is 9.59 Å². The first-order chi connectivity index (χ1) is 10.9. The van der Waals surface area contributed by atoms with Crippen LogP contribution in [-0.4, -0.2) is 23.0 Å². The third-order valence-corrected chi connectivity index (χ3v) is 3.60. The fraction of sp³-hybridized carbons (Fsp3) is 0.235. The average Bonchev–Trinajstić information content (AvgIpc) is 2.52. The molecule has 0 radical (unpaired) electrons. The number of rotatable bonds is 4. The Morgan fingerprint density at radius 2 is 1.91 bits per heavy atom. The predicted octanol–water partition coefficient (Wildman–Crippen LogP) is 3.54. The van der Waals surface area contributed by atoms with E-state index in [1.165, 1.54) is 13.1 Å². The van der Waals surface area contributed by atoms with Crippen LogP contribution in [0.5, 0.6) is 0 Å². The van der Waals surface area contributed by atoms with Gasteiger partial charge in [0.25, 0.3) is 5.91 Å². The molecule has 0 saturated carbocycles. The predicted molar refractivity (Wildman–Crippen MR) is 88.7 cm³/mol. The lowest BCUT2D eigenvalue weighted by Crippen LogP contribution is -2.30. The number of nitrogens with one attached hydrogen (secondary N) is 1. The normalized spacial score (nSPS) is 11.7. The van der Waals surface area contributed by atoms with Crippen LogP contribution < -0.4 is 5.32 Å². The van der Waals surface area contributed by atoms with Crippen molar-refractivity contribution in [3.63, 3.8) is 0 Å². The summed E-state index contributed by atoms with van der Waals surface area (Å²) in [4.78, 5) is 28.1. The molecule has 0 aliphatic heterocycles. The highest BCUT2D eigenvalue weighted by Crippen LogP contribution is 2.13. The molecule has 0 aliphatic rings. The number of pyridine rings is 1. The summed E-state index contributed by atoms with van der Waals surface area (Å²) in [5.41, 5.74) is 2.49. The molecule has 0 unspecified atom stereocenters. The minimum Gasteiger partial charge on any atom is -0.449 e. The Balaban J connectivity index is 1.98. The zero-order chi connectivity index (χ0) is 17.0. The standard InChI is InChI=1S/C17H17ClN2O3/c1-10-4-5-13(8-11(10)2)17(22)23-12(3)16(21)20-15-7-6-14(18)9-19-15/h4-9,12H,1-3H3,(H,19,20,21)/t12-/m0/s1. The molecule has 1 atom stereocenters.